The lowest BCUT2D eigenvalue weighted by atomic mass is 9.83. The van der Waals surface area contributed by atoms with Gasteiger partial charge in [0, 0.05) is 31.8 Å². The second-order valence-corrected chi connectivity index (χ2v) is 7.67. The van der Waals surface area contributed by atoms with Gasteiger partial charge in [0.1, 0.15) is 17.3 Å². The molecule has 1 aliphatic carbocycles. The standard InChI is InChI=1S/C25H22N6O4/c1-13-20(26-2)25(28-11-12-35-4)29-24(27-3)21(13)31-30-16-9-5-7-14-18(16)22(33)15-8-6-10-17(32)19(15)23(14)34/h5-10,32H,11-12H2,1,3-4H3,(H2,27,28,29). The lowest BCUT2D eigenvalue weighted by Gasteiger charge is -2.19. The average molecular weight is 470 g/mol. The predicted molar refractivity (Wildman–Crippen MR) is 131 cm³/mol. The number of benzene rings is 2. The molecule has 4 rings (SSSR count). The number of azo groups is 1. The van der Waals surface area contributed by atoms with E-state index in [1.165, 1.54) is 24.3 Å². The van der Waals surface area contributed by atoms with E-state index >= 15 is 0 Å². The highest BCUT2D eigenvalue weighted by molar-refractivity contribution is 6.30. The van der Waals surface area contributed by atoms with Crippen LogP contribution in [0.5, 0.6) is 5.75 Å². The molecule has 3 N–H and O–H groups in total. The highest BCUT2D eigenvalue weighted by atomic mass is 16.5. The zero-order chi connectivity index (χ0) is 25.1. The molecule has 176 valence electrons. The van der Waals surface area contributed by atoms with Crippen LogP contribution in [0, 0.1) is 13.5 Å². The van der Waals surface area contributed by atoms with Crippen molar-refractivity contribution in [2.75, 3.05) is 37.9 Å². The van der Waals surface area contributed by atoms with Crippen LogP contribution in [0.3, 0.4) is 0 Å². The molecule has 10 heteroatoms. The Morgan fingerprint density at radius 2 is 1.74 bits per heavy atom. The summed E-state index contributed by atoms with van der Waals surface area (Å²) in [7, 11) is 3.26. The summed E-state index contributed by atoms with van der Waals surface area (Å²) in [5, 5.41) is 24.8. The minimum atomic E-state index is -0.458. The van der Waals surface area contributed by atoms with E-state index in [-0.39, 0.29) is 33.7 Å². The topological polar surface area (TPSA) is 130 Å². The normalized spacial score (nSPS) is 12.3. The van der Waals surface area contributed by atoms with Gasteiger partial charge in [0.15, 0.2) is 17.4 Å². The van der Waals surface area contributed by atoms with Crippen molar-refractivity contribution < 1.29 is 19.4 Å². The Morgan fingerprint density at radius 3 is 2.43 bits per heavy atom. The van der Waals surface area contributed by atoms with Gasteiger partial charge >= 0.3 is 0 Å². The summed E-state index contributed by atoms with van der Waals surface area (Å²) in [6.07, 6.45) is 0. The molecule has 35 heavy (non-hydrogen) atoms. The van der Waals surface area contributed by atoms with Gasteiger partial charge in [0.05, 0.1) is 30.0 Å². The number of phenols is 1. The first kappa shape index (κ1) is 23.5. The first-order valence-electron chi connectivity index (χ1n) is 10.7. The van der Waals surface area contributed by atoms with E-state index < -0.39 is 11.6 Å². The van der Waals surface area contributed by atoms with Crippen molar-refractivity contribution in [1.29, 1.82) is 0 Å². The molecule has 10 nitrogen and oxygen atoms in total. The fourth-order valence-corrected chi connectivity index (χ4v) is 3.91. The Morgan fingerprint density at radius 1 is 1.06 bits per heavy atom. The molecule has 1 aliphatic rings. The second-order valence-electron chi connectivity index (χ2n) is 7.67. The summed E-state index contributed by atoms with van der Waals surface area (Å²) >= 11 is 0. The number of fused-ring (bicyclic) bond motifs is 2. The van der Waals surface area contributed by atoms with Crippen LogP contribution in [-0.4, -0.2) is 49.0 Å². The van der Waals surface area contributed by atoms with Gasteiger partial charge in [-0.15, -0.1) is 10.2 Å². The number of ether oxygens (including phenoxy) is 1. The largest absolute Gasteiger partial charge is 0.507 e. The molecule has 0 aliphatic heterocycles. The molecule has 3 aromatic rings. The van der Waals surface area contributed by atoms with Crippen LogP contribution in [0.4, 0.5) is 28.7 Å². The lowest BCUT2D eigenvalue weighted by Crippen LogP contribution is -2.21. The van der Waals surface area contributed by atoms with Crippen molar-refractivity contribution in [2.45, 2.75) is 6.92 Å². The molecule has 0 atom stereocenters. The maximum Gasteiger partial charge on any atom is 0.233 e. The number of hydrogen-bond donors (Lipinski definition) is 3. The zero-order valence-electron chi connectivity index (χ0n) is 19.3. The minimum absolute atomic E-state index is 0.0186. The van der Waals surface area contributed by atoms with Gasteiger partial charge in [-0.3, -0.25) is 9.59 Å². The highest BCUT2D eigenvalue weighted by Gasteiger charge is 2.33. The first-order chi connectivity index (χ1) is 16.9. The van der Waals surface area contributed by atoms with Crippen molar-refractivity contribution in [1.82, 2.24) is 4.98 Å². The zero-order valence-corrected chi connectivity index (χ0v) is 19.3. The number of nitrogens with zero attached hydrogens (tertiary/aromatic N) is 4. The maximum absolute atomic E-state index is 13.3. The second kappa shape index (κ2) is 9.70. The van der Waals surface area contributed by atoms with E-state index in [0.29, 0.717) is 41.7 Å². The third kappa shape index (κ3) is 4.09. The first-order valence-corrected chi connectivity index (χ1v) is 10.7. The lowest BCUT2D eigenvalue weighted by molar-refractivity contribution is 0.0977. The number of phenolic OH excluding ortho intramolecular Hbond substituents is 1. The number of pyridine rings is 1. The number of rotatable bonds is 7. The molecule has 1 heterocycles. The van der Waals surface area contributed by atoms with Crippen LogP contribution in [0.2, 0.25) is 0 Å². The van der Waals surface area contributed by atoms with Gasteiger partial charge in [-0.05, 0) is 24.6 Å². The summed E-state index contributed by atoms with van der Waals surface area (Å²) in [4.78, 5) is 34.3. The average Bonchev–Trinajstić information content (AvgIpc) is 2.86. The van der Waals surface area contributed by atoms with E-state index in [4.69, 9.17) is 11.3 Å². The number of aromatic hydroxyl groups is 1. The van der Waals surface area contributed by atoms with Gasteiger partial charge in [-0.25, -0.2) is 9.83 Å². The van der Waals surface area contributed by atoms with Crippen molar-refractivity contribution in [2.24, 2.45) is 10.2 Å². The van der Waals surface area contributed by atoms with Gasteiger partial charge in [-0.1, -0.05) is 24.3 Å². The van der Waals surface area contributed by atoms with Gasteiger partial charge in [-0.2, -0.15) is 0 Å². The Balaban J connectivity index is 1.79. The van der Waals surface area contributed by atoms with Crippen LogP contribution < -0.4 is 10.6 Å². The van der Waals surface area contributed by atoms with E-state index in [9.17, 15) is 14.7 Å². The molecule has 0 saturated heterocycles. The molecular weight excluding hydrogens is 448 g/mol. The van der Waals surface area contributed by atoms with Gasteiger partial charge < -0.3 is 20.5 Å². The number of carbonyl (C=O) groups excluding carboxylic acids is 2. The smallest absolute Gasteiger partial charge is 0.233 e. The summed E-state index contributed by atoms with van der Waals surface area (Å²) in [6, 6.07) is 9.08. The fraction of sp³-hybridized carbons (Fsp3) is 0.200. The Hall–Kier alpha value is -4.62. The summed E-state index contributed by atoms with van der Waals surface area (Å²) in [6.45, 7) is 10.3. The Labute approximate surface area is 201 Å². The van der Waals surface area contributed by atoms with Gasteiger partial charge in [0.2, 0.25) is 5.69 Å². The van der Waals surface area contributed by atoms with Crippen molar-refractivity contribution >= 4 is 40.3 Å². The molecule has 0 bridgehead atoms. The summed E-state index contributed by atoms with van der Waals surface area (Å²) in [5.74, 6) is -0.346. The summed E-state index contributed by atoms with van der Waals surface area (Å²) < 4.78 is 5.04. The van der Waals surface area contributed by atoms with Crippen LogP contribution in [-0.2, 0) is 4.74 Å². The molecule has 0 radical (unpaired) electrons. The van der Waals surface area contributed by atoms with Gasteiger partial charge in [0.25, 0.3) is 0 Å². The predicted octanol–water partition coefficient (Wildman–Crippen LogP) is 4.94. The molecule has 0 spiro atoms. The minimum Gasteiger partial charge on any atom is -0.507 e. The maximum atomic E-state index is 13.3. The number of methoxy groups -OCH3 is 1. The van der Waals surface area contributed by atoms with Crippen LogP contribution in [0.1, 0.15) is 37.4 Å². The highest BCUT2D eigenvalue weighted by Crippen LogP contribution is 2.41. The number of ketones is 2. The summed E-state index contributed by atoms with van der Waals surface area (Å²) in [5.41, 5.74) is 1.72. The van der Waals surface area contributed by atoms with E-state index in [0.717, 1.165) is 0 Å². The van der Waals surface area contributed by atoms with Crippen LogP contribution in [0.15, 0.2) is 46.6 Å². The molecular formula is C25H22N6O4. The fourth-order valence-electron chi connectivity index (χ4n) is 3.91. The number of aromatic nitrogens is 1. The quantitative estimate of drug-likeness (QED) is 0.198. The molecule has 0 fully saturated rings. The number of anilines is 2. The number of hydrogen-bond acceptors (Lipinski definition) is 9. The molecule has 0 saturated carbocycles. The van der Waals surface area contributed by atoms with Crippen molar-refractivity contribution in [3.8, 4) is 5.75 Å². The molecule has 1 aromatic heterocycles. The monoisotopic (exact) mass is 470 g/mol. The molecule has 0 amide bonds. The molecule has 0 unspecified atom stereocenters. The third-order valence-corrected chi connectivity index (χ3v) is 5.62. The van der Waals surface area contributed by atoms with E-state index in [1.807, 2.05) is 0 Å². The van der Waals surface area contributed by atoms with Crippen molar-refractivity contribution in [3.05, 3.63) is 75.6 Å². The van der Waals surface area contributed by atoms with E-state index in [1.54, 1.807) is 33.2 Å². The van der Waals surface area contributed by atoms with Crippen molar-refractivity contribution in [3.63, 3.8) is 0 Å². The Kier molecular flexibility index (Phi) is 6.53. The number of nitrogens with one attached hydrogen (secondary N) is 2. The SMILES string of the molecule is [C-]#[N+]c1c(NCCOC)nc(NC)c(N=Nc2cccc3c2C(=O)c2cccc(O)c2C3=O)c1C. The van der Waals surface area contributed by atoms with Crippen LogP contribution in [0.25, 0.3) is 4.85 Å². The number of carbonyl (C=O) groups is 2. The third-order valence-electron chi connectivity index (χ3n) is 5.62. The van der Waals surface area contributed by atoms with E-state index in [2.05, 4.69) is 30.7 Å². The van der Waals surface area contributed by atoms with Crippen LogP contribution >= 0.6 is 0 Å². The Bertz CT molecular complexity index is 1420. The molecule has 2 aromatic carbocycles.